The molecule has 1 N–H and O–H groups in total. The third-order valence-corrected chi connectivity index (χ3v) is 4.35. The monoisotopic (exact) mass is 367 g/mol. The van der Waals surface area contributed by atoms with Crippen molar-refractivity contribution in [1.82, 2.24) is 4.90 Å². The number of carbonyl (C=O) groups is 2. The number of carbonyl (C=O) groups excluding carboxylic acids is 1. The third kappa shape index (κ3) is 4.64. The van der Waals surface area contributed by atoms with Crippen molar-refractivity contribution >= 4 is 11.9 Å². The number of ether oxygens (including phenoxy) is 4. The van der Waals surface area contributed by atoms with Crippen LogP contribution in [-0.4, -0.2) is 69.6 Å². The summed E-state index contributed by atoms with van der Waals surface area (Å²) in [6, 6.07) is 3.03. The maximum atomic E-state index is 12.6. The van der Waals surface area contributed by atoms with Crippen LogP contribution in [0.5, 0.6) is 11.5 Å². The lowest BCUT2D eigenvalue weighted by Gasteiger charge is -2.37. The highest BCUT2D eigenvalue weighted by atomic mass is 16.5. The largest absolute Gasteiger partial charge is 0.493 e. The first-order valence-corrected chi connectivity index (χ1v) is 8.34. The molecule has 1 aromatic carbocycles. The van der Waals surface area contributed by atoms with Gasteiger partial charge >= 0.3 is 5.97 Å². The molecule has 1 amide bonds. The first-order chi connectivity index (χ1) is 12.5. The predicted molar refractivity (Wildman–Crippen MR) is 92.7 cm³/mol. The molecular weight excluding hydrogens is 342 g/mol. The Morgan fingerprint density at radius 1 is 1.15 bits per heavy atom. The van der Waals surface area contributed by atoms with Gasteiger partial charge < -0.3 is 29.0 Å². The van der Waals surface area contributed by atoms with Gasteiger partial charge in [0.2, 0.25) is 5.91 Å². The Hall–Kier alpha value is -2.32. The maximum Gasteiger partial charge on any atom is 0.305 e. The summed E-state index contributed by atoms with van der Waals surface area (Å²) in [5.74, 6) is -0.126. The summed E-state index contributed by atoms with van der Waals surface area (Å²) in [7, 11) is 4.62. The van der Waals surface area contributed by atoms with Crippen LogP contribution >= 0.6 is 0 Å². The SMILES string of the molecule is COCCOCC(=O)N1CCc2cc(OC)c(OC)cc2C1CC(=O)O. The number of amides is 1. The number of hydrogen-bond donors (Lipinski definition) is 1. The molecular formula is C18H25NO7. The number of aliphatic carboxylic acids is 1. The van der Waals surface area contributed by atoms with Crippen LogP contribution in [0.3, 0.4) is 0 Å². The number of nitrogens with zero attached hydrogens (tertiary/aromatic N) is 1. The summed E-state index contributed by atoms with van der Waals surface area (Å²) in [6.45, 7) is 1.02. The Balaban J connectivity index is 2.27. The van der Waals surface area contributed by atoms with Gasteiger partial charge in [0.05, 0.1) is 39.9 Å². The molecule has 0 aromatic heterocycles. The number of carboxylic acids is 1. The molecule has 0 saturated carbocycles. The van der Waals surface area contributed by atoms with Gasteiger partial charge in [-0.2, -0.15) is 0 Å². The number of methoxy groups -OCH3 is 3. The quantitative estimate of drug-likeness (QED) is 0.657. The average Bonchev–Trinajstić information content (AvgIpc) is 2.63. The van der Waals surface area contributed by atoms with Crippen molar-refractivity contribution in [2.24, 2.45) is 0 Å². The van der Waals surface area contributed by atoms with E-state index in [1.807, 2.05) is 6.07 Å². The first kappa shape index (κ1) is 20.0. The van der Waals surface area contributed by atoms with Crippen LogP contribution in [0, 0.1) is 0 Å². The second kappa shape index (κ2) is 9.40. The topological polar surface area (TPSA) is 94.5 Å². The zero-order valence-electron chi connectivity index (χ0n) is 15.3. The molecule has 1 aliphatic rings. The molecule has 1 unspecified atom stereocenters. The van der Waals surface area contributed by atoms with Crippen molar-refractivity contribution in [3.8, 4) is 11.5 Å². The molecule has 26 heavy (non-hydrogen) atoms. The van der Waals surface area contributed by atoms with Crippen LogP contribution in [0.1, 0.15) is 23.6 Å². The summed E-state index contributed by atoms with van der Waals surface area (Å²) in [4.78, 5) is 25.5. The van der Waals surface area contributed by atoms with Gasteiger partial charge in [-0.3, -0.25) is 9.59 Å². The molecule has 1 aromatic rings. The van der Waals surface area contributed by atoms with Crippen molar-refractivity contribution in [3.05, 3.63) is 23.3 Å². The van der Waals surface area contributed by atoms with Gasteiger partial charge in [-0.1, -0.05) is 0 Å². The van der Waals surface area contributed by atoms with Gasteiger partial charge in [0, 0.05) is 13.7 Å². The Morgan fingerprint density at radius 2 is 1.85 bits per heavy atom. The molecule has 0 bridgehead atoms. The van der Waals surface area contributed by atoms with Gasteiger partial charge in [0.1, 0.15) is 6.61 Å². The van der Waals surface area contributed by atoms with E-state index in [4.69, 9.17) is 18.9 Å². The van der Waals surface area contributed by atoms with E-state index in [0.29, 0.717) is 37.7 Å². The normalized spacial score (nSPS) is 16.1. The Labute approximate surface area is 152 Å². The summed E-state index contributed by atoms with van der Waals surface area (Å²) < 4.78 is 20.8. The van der Waals surface area contributed by atoms with Crippen LogP contribution in [0.4, 0.5) is 0 Å². The molecule has 1 heterocycles. The zero-order chi connectivity index (χ0) is 19.1. The highest BCUT2D eigenvalue weighted by molar-refractivity contribution is 5.79. The minimum Gasteiger partial charge on any atom is -0.493 e. The molecule has 0 fully saturated rings. The molecule has 1 atom stereocenters. The molecule has 0 saturated heterocycles. The van der Waals surface area contributed by atoms with Crippen molar-refractivity contribution in [2.45, 2.75) is 18.9 Å². The van der Waals surface area contributed by atoms with E-state index in [1.54, 1.807) is 25.2 Å². The molecule has 0 spiro atoms. The predicted octanol–water partition coefficient (Wildman–Crippen LogP) is 1.27. The number of hydrogen-bond acceptors (Lipinski definition) is 6. The Bertz CT molecular complexity index is 647. The lowest BCUT2D eigenvalue weighted by molar-refractivity contribution is -0.143. The van der Waals surface area contributed by atoms with E-state index < -0.39 is 12.0 Å². The zero-order valence-corrected chi connectivity index (χ0v) is 15.3. The fourth-order valence-electron chi connectivity index (χ4n) is 3.10. The van der Waals surface area contributed by atoms with Gasteiger partial charge in [0.25, 0.3) is 0 Å². The molecule has 8 nitrogen and oxygen atoms in total. The van der Waals surface area contributed by atoms with Crippen LogP contribution < -0.4 is 9.47 Å². The van der Waals surface area contributed by atoms with E-state index in [0.717, 1.165) is 11.1 Å². The third-order valence-electron chi connectivity index (χ3n) is 4.35. The highest BCUT2D eigenvalue weighted by Crippen LogP contribution is 2.39. The van der Waals surface area contributed by atoms with Crippen LogP contribution in [0.2, 0.25) is 0 Å². The Kier molecular flexibility index (Phi) is 7.23. The molecule has 0 aliphatic carbocycles. The maximum absolute atomic E-state index is 12.6. The summed E-state index contributed by atoms with van der Waals surface area (Å²) in [6.07, 6.45) is 0.419. The second-order valence-electron chi connectivity index (χ2n) is 5.90. The fraction of sp³-hybridized carbons (Fsp3) is 0.556. The van der Waals surface area contributed by atoms with E-state index in [2.05, 4.69) is 0 Å². The van der Waals surface area contributed by atoms with Gasteiger partial charge in [-0.15, -0.1) is 0 Å². The molecule has 144 valence electrons. The van der Waals surface area contributed by atoms with Crippen molar-refractivity contribution < 1.29 is 33.6 Å². The van der Waals surface area contributed by atoms with Crippen LogP contribution in [0.15, 0.2) is 12.1 Å². The smallest absolute Gasteiger partial charge is 0.305 e. The average molecular weight is 367 g/mol. The van der Waals surface area contributed by atoms with Crippen LogP contribution in [-0.2, 0) is 25.5 Å². The van der Waals surface area contributed by atoms with Crippen LogP contribution in [0.25, 0.3) is 0 Å². The summed E-state index contributed by atoms with van der Waals surface area (Å²) in [5.41, 5.74) is 1.72. The molecule has 1 aliphatic heterocycles. The number of rotatable bonds is 9. The lowest BCUT2D eigenvalue weighted by atomic mass is 9.90. The van der Waals surface area contributed by atoms with E-state index in [1.165, 1.54) is 7.11 Å². The van der Waals surface area contributed by atoms with Crippen molar-refractivity contribution in [3.63, 3.8) is 0 Å². The number of carboxylic acid groups (broad SMARTS) is 1. The van der Waals surface area contributed by atoms with E-state index in [9.17, 15) is 14.7 Å². The highest BCUT2D eigenvalue weighted by Gasteiger charge is 2.33. The molecule has 8 heteroatoms. The second-order valence-corrected chi connectivity index (χ2v) is 5.90. The van der Waals surface area contributed by atoms with Gasteiger partial charge in [-0.25, -0.2) is 0 Å². The first-order valence-electron chi connectivity index (χ1n) is 8.34. The number of benzene rings is 1. The van der Waals surface area contributed by atoms with E-state index in [-0.39, 0.29) is 18.9 Å². The van der Waals surface area contributed by atoms with Gasteiger partial charge in [-0.05, 0) is 29.7 Å². The minimum absolute atomic E-state index is 0.109. The number of fused-ring (bicyclic) bond motifs is 1. The van der Waals surface area contributed by atoms with Crippen molar-refractivity contribution in [2.75, 3.05) is 47.7 Å². The van der Waals surface area contributed by atoms with Gasteiger partial charge in [0.15, 0.2) is 11.5 Å². The van der Waals surface area contributed by atoms with Crippen molar-refractivity contribution in [1.29, 1.82) is 0 Å². The lowest BCUT2D eigenvalue weighted by Crippen LogP contribution is -2.42. The molecule has 2 rings (SSSR count). The standard InChI is InChI=1S/C18H25NO7/c1-23-6-7-26-11-17(20)19-5-4-12-8-15(24-2)16(25-3)9-13(12)14(19)10-18(21)22/h8-9,14H,4-7,10-11H2,1-3H3,(H,21,22). The minimum atomic E-state index is -0.976. The summed E-state index contributed by atoms with van der Waals surface area (Å²) in [5, 5.41) is 9.32. The van der Waals surface area contributed by atoms with E-state index >= 15 is 0 Å². The molecule has 0 radical (unpaired) electrons. The fourth-order valence-corrected chi connectivity index (χ4v) is 3.10. The Morgan fingerprint density at radius 3 is 2.46 bits per heavy atom. The summed E-state index contributed by atoms with van der Waals surface area (Å²) >= 11 is 0.